The predicted octanol–water partition coefficient (Wildman–Crippen LogP) is 0.962. The van der Waals surface area contributed by atoms with Gasteiger partial charge in [-0.05, 0) is 43.3 Å². The molecule has 34 heavy (non-hydrogen) atoms. The predicted molar refractivity (Wildman–Crippen MR) is 118 cm³/mol. The average Bonchev–Trinajstić information content (AvgIpc) is 3.45. The summed E-state index contributed by atoms with van der Waals surface area (Å²) in [5.41, 5.74) is 3.75. The second kappa shape index (κ2) is 7.84. The van der Waals surface area contributed by atoms with Gasteiger partial charge in [0, 0.05) is 18.5 Å². The standard InChI is InChI=1S/C24H18N4O6/c1-12(29)13-6-8-14(9-7-13)28-23(33)18-19(25-26-20(18)24(28)34)17(30)10-11-27-21(31)15-4-2-3-5-16(15)22(27)32/h2-9,18,20,26H,10-11H2,1H3/t18-,20+/m0/s1. The Morgan fingerprint density at radius 2 is 1.53 bits per heavy atom. The lowest BCUT2D eigenvalue weighted by molar-refractivity contribution is -0.122. The number of carbonyl (C=O) groups excluding carboxylic acids is 6. The molecule has 10 heteroatoms. The number of nitrogens with zero attached hydrogens (tertiary/aromatic N) is 3. The molecule has 0 aliphatic carbocycles. The van der Waals surface area contributed by atoms with Gasteiger partial charge in [-0.3, -0.25) is 39.1 Å². The van der Waals surface area contributed by atoms with E-state index < -0.39 is 41.4 Å². The lowest BCUT2D eigenvalue weighted by Crippen LogP contribution is -2.36. The zero-order valence-corrected chi connectivity index (χ0v) is 18.0. The molecular formula is C24H18N4O6. The molecule has 0 aromatic heterocycles. The summed E-state index contributed by atoms with van der Waals surface area (Å²) in [4.78, 5) is 77.3. The van der Waals surface area contributed by atoms with Crippen molar-refractivity contribution < 1.29 is 28.8 Å². The summed E-state index contributed by atoms with van der Waals surface area (Å²) in [6.07, 6.45) is -0.232. The van der Waals surface area contributed by atoms with E-state index in [4.69, 9.17) is 0 Å². The molecule has 1 saturated heterocycles. The van der Waals surface area contributed by atoms with Crippen molar-refractivity contribution in [1.29, 1.82) is 0 Å². The summed E-state index contributed by atoms with van der Waals surface area (Å²) in [5, 5.41) is 3.92. The van der Waals surface area contributed by atoms with Gasteiger partial charge in [0.05, 0.1) is 16.8 Å². The lowest BCUT2D eigenvalue weighted by atomic mass is 9.94. The maximum absolute atomic E-state index is 13.1. The van der Waals surface area contributed by atoms with Gasteiger partial charge < -0.3 is 0 Å². The third-order valence-electron chi connectivity index (χ3n) is 6.18. The van der Waals surface area contributed by atoms with Gasteiger partial charge in [-0.25, -0.2) is 4.90 Å². The van der Waals surface area contributed by atoms with Crippen LogP contribution in [0.3, 0.4) is 0 Å². The number of Topliss-reactive ketones (excluding diaryl/α,β-unsaturated/α-hetero) is 2. The average molecular weight is 458 g/mol. The van der Waals surface area contributed by atoms with Crippen molar-refractivity contribution in [2.45, 2.75) is 19.4 Å². The molecule has 0 bridgehead atoms. The fourth-order valence-electron chi connectivity index (χ4n) is 4.40. The Hall–Kier alpha value is -4.47. The SMILES string of the molecule is CC(=O)c1ccc(N2C(=O)[C@H]3C(C(=O)CCN4C(=O)c5ccccc5C4=O)=NN[C@H]3C2=O)cc1. The molecular weight excluding hydrogens is 440 g/mol. The Morgan fingerprint density at radius 1 is 0.912 bits per heavy atom. The third-order valence-corrected chi connectivity index (χ3v) is 6.18. The van der Waals surface area contributed by atoms with Crippen LogP contribution in [0.5, 0.6) is 0 Å². The number of amides is 4. The molecule has 2 atom stereocenters. The number of hydrogen-bond donors (Lipinski definition) is 1. The van der Waals surface area contributed by atoms with E-state index in [0.717, 1.165) is 9.80 Å². The lowest BCUT2D eigenvalue weighted by Gasteiger charge is -2.16. The summed E-state index contributed by atoms with van der Waals surface area (Å²) in [6, 6.07) is 11.4. The number of anilines is 1. The van der Waals surface area contributed by atoms with Crippen molar-refractivity contribution in [2.75, 3.05) is 11.4 Å². The Kier molecular flexibility index (Phi) is 4.93. The molecule has 2 aromatic carbocycles. The second-order valence-corrected chi connectivity index (χ2v) is 8.18. The van der Waals surface area contributed by atoms with Crippen molar-refractivity contribution in [1.82, 2.24) is 10.3 Å². The summed E-state index contributed by atoms with van der Waals surface area (Å²) in [7, 11) is 0. The van der Waals surface area contributed by atoms with E-state index in [1.54, 1.807) is 24.3 Å². The normalized spacial score (nSPS) is 20.9. The molecule has 1 fully saturated rings. The highest BCUT2D eigenvalue weighted by molar-refractivity contribution is 6.48. The minimum Gasteiger partial charge on any atom is -0.296 e. The van der Waals surface area contributed by atoms with Crippen LogP contribution < -0.4 is 10.3 Å². The number of benzene rings is 2. The van der Waals surface area contributed by atoms with Crippen molar-refractivity contribution >= 4 is 46.6 Å². The van der Waals surface area contributed by atoms with Gasteiger partial charge in [0.15, 0.2) is 11.6 Å². The number of nitrogens with one attached hydrogen (secondary N) is 1. The molecule has 170 valence electrons. The number of ketones is 2. The van der Waals surface area contributed by atoms with Crippen LogP contribution in [0.2, 0.25) is 0 Å². The molecule has 1 N–H and O–H groups in total. The van der Waals surface area contributed by atoms with Crippen molar-refractivity contribution in [2.24, 2.45) is 11.0 Å². The highest BCUT2D eigenvalue weighted by atomic mass is 16.2. The fraction of sp³-hybridized carbons (Fsp3) is 0.208. The molecule has 0 spiro atoms. The van der Waals surface area contributed by atoms with E-state index in [0.29, 0.717) is 5.56 Å². The largest absolute Gasteiger partial charge is 0.296 e. The first-order valence-electron chi connectivity index (χ1n) is 10.6. The van der Waals surface area contributed by atoms with Crippen LogP contribution in [0.4, 0.5) is 5.69 Å². The van der Waals surface area contributed by atoms with E-state index >= 15 is 0 Å². The van der Waals surface area contributed by atoms with Crippen LogP contribution in [-0.2, 0) is 14.4 Å². The minimum atomic E-state index is -1.10. The van der Waals surface area contributed by atoms with E-state index in [-0.39, 0.29) is 41.3 Å². The van der Waals surface area contributed by atoms with Crippen molar-refractivity contribution in [3.63, 3.8) is 0 Å². The van der Waals surface area contributed by atoms with Gasteiger partial charge in [-0.1, -0.05) is 12.1 Å². The molecule has 3 aliphatic heterocycles. The maximum Gasteiger partial charge on any atom is 0.261 e. The maximum atomic E-state index is 13.1. The summed E-state index contributed by atoms with van der Waals surface area (Å²) < 4.78 is 0. The Bertz CT molecular complexity index is 1290. The number of rotatable bonds is 6. The molecule has 0 saturated carbocycles. The van der Waals surface area contributed by atoms with Gasteiger partial charge in [0.1, 0.15) is 17.7 Å². The van der Waals surface area contributed by atoms with Gasteiger partial charge >= 0.3 is 0 Å². The van der Waals surface area contributed by atoms with Gasteiger partial charge in [0.25, 0.3) is 17.7 Å². The molecule has 3 aliphatic rings. The first kappa shape index (κ1) is 21.4. The number of hydrazone groups is 1. The van der Waals surface area contributed by atoms with E-state index in [1.807, 2.05) is 0 Å². The molecule has 3 heterocycles. The van der Waals surface area contributed by atoms with Gasteiger partial charge in [-0.2, -0.15) is 5.10 Å². The van der Waals surface area contributed by atoms with Crippen molar-refractivity contribution in [3.05, 3.63) is 65.2 Å². The van der Waals surface area contributed by atoms with E-state index in [2.05, 4.69) is 10.5 Å². The minimum absolute atomic E-state index is 0.109. The third kappa shape index (κ3) is 3.14. The molecule has 5 rings (SSSR count). The number of hydrogen-bond acceptors (Lipinski definition) is 8. The highest BCUT2D eigenvalue weighted by Crippen LogP contribution is 2.31. The molecule has 4 amide bonds. The summed E-state index contributed by atoms with van der Waals surface area (Å²) in [6.45, 7) is 1.24. The topological polar surface area (TPSA) is 133 Å². The smallest absolute Gasteiger partial charge is 0.261 e. The van der Waals surface area contributed by atoms with Crippen LogP contribution in [0.1, 0.15) is 44.4 Å². The Balaban J connectivity index is 1.30. The van der Waals surface area contributed by atoms with Crippen LogP contribution >= 0.6 is 0 Å². The van der Waals surface area contributed by atoms with Crippen LogP contribution in [-0.4, -0.2) is 58.4 Å². The summed E-state index contributed by atoms with van der Waals surface area (Å²) >= 11 is 0. The molecule has 10 nitrogen and oxygen atoms in total. The van der Waals surface area contributed by atoms with Crippen LogP contribution in [0.25, 0.3) is 0 Å². The van der Waals surface area contributed by atoms with Gasteiger partial charge in [-0.15, -0.1) is 0 Å². The first-order chi connectivity index (χ1) is 16.3. The van der Waals surface area contributed by atoms with Crippen LogP contribution in [0.15, 0.2) is 53.6 Å². The Morgan fingerprint density at radius 3 is 2.12 bits per heavy atom. The first-order valence-corrected chi connectivity index (χ1v) is 10.6. The van der Waals surface area contributed by atoms with E-state index in [1.165, 1.54) is 31.2 Å². The van der Waals surface area contributed by atoms with E-state index in [9.17, 15) is 28.8 Å². The number of carbonyl (C=O) groups is 6. The van der Waals surface area contributed by atoms with Gasteiger partial charge in [0.2, 0.25) is 5.91 Å². The quantitative estimate of drug-likeness (QED) is 0.503. The number of fused-ring (bicyclic) bond motifs is 2. The molecule has 2 aromatic rings. The number of imide groups is 2. The molecule has 0 radical (unpaired) electrons. The monoisotopic (exact) mass is 458 g/mol. The molecule has 0 unspecified atom stereocenters. The fourth-order valence-corrected chi connectivity index (χ4v) is 4.40. The van der Waals surface area contributed by atoms with Crippen LogP contribution in [0, 0.1) is 5.92 Å². The highest BCUT2D eigenvalue weighted by Gasteiger charge is 2.55. The summed E-state index contributed by atoms with van der Waals surface area (Å²) in [5.74, 6) is -3.92. The van der Waals surface area contributed by atoms with Crippen molar-refractivity contribution in [3.8, 4) is 0 Å². The second-order valence-electron chi connectivity index (χ2n) is 8.18. The zero-order chi connectivity index (χ0) is 24.1. The Labute approximate surface area is 193 Å². The zero-order valence-electron chi connectivity index (χ0n) is 18.0.